The first kappa shape index (κ1) is 14.4. The Morgan fingerprint density at radius 1 is 1.04 bits per heavy atom. The fraction of sp³-hybridized carbons (Fsp3) is 0.350. The highest BCUT2D eigenvalue weighted by Crippen LogP contribution is 2.41. The Morgan fingerprint density at radius 2 is 1.88 bits per heavy atom. The van der Waals surface area contributed by atoms with Crippen LogP contribution < -0.4 is 4.90 Å². The third kappa shape index (κ3) is 2.59. The summed E-state index contributed by atoms with van der Waals surface area (Å²) in [7, 11) is 0. The van der Waals surface area contributed by atoms with Crippen molar-refractivity contribution in [3.8, 4) is 0 Å². The molecule has 1 aliphatic heterocycles. The van der Waals surface area contributed by atoms with Gasteiger partial charge in [0, 0.05) is 23.7 Å². The van der Waals surface area contributed by atoms with Crippen molar-refractivity contribution in [2.75, 3.05) is 23.0 Å². The minimum Gasteiger partial charge on any atom is -0.363 e. The highest BCUT2D eigenvalue weighted by Gasteiger charge is 2.27. The van der Waals surface area contributed by atoms with Gasteiger partial charge in [0.05, 0.1) is 23.4 Å². The lowest BCUT2D eigenvalue weighted by atomic mass is 10.0. The molecule has 1 aliphatic carbocycles. The molecule has 1 atom stereocenters. The summed E-state index contributed by atoms with van der Waals surface area (Å²) in [5.41, 5.74) is 6.41. The summed E-state index contributed by atoms with van der Waals surface area (Å²) in [6, 6.07) is 16.4. The molecule has 1 saturated carbocycles. The number of benzene rings is 2. The van der Waals surface area contributed by atoms with Crippen molar-refractivity contribution >= 4 is 28.5 Å². The van der Waals surface area contributed by atoms with Crippen molar-refractivity contribution in [1.82, 2.24) is 9.97 Å². The lowest BCUT2D eigenvalue weighted by Gasteiger charge is -2.37. The molecule has 5 rings (SSSR count). The van der Waals surface area contributed by atoms with Crippen LogP contribution in [0.5, 0.6) is 0 Å². The number of imidazole rings is 1. The molecular formula is C20H21N3S. The quantitative estimate of drug-likeness (QED) is 0.750. The van der Waals surface area contributed by atoms with Crippen LogP contribution in [0.1, 0.15) is 35.9 Å². The third-order valence-corrected chi connectivity index (χ3v) is 6.26. The predicted molar refractivity (Wildman–Crippen MR) is 102 cm³/mol. The minimum absolute atomic E-state index is 0.456. The normalized spacial score (nSPS) is 21.3. The van der Waals surface area contributed by atoms with Gasteiger partial charge < -0.3 is 9.88 Å². The smallest absolute Gasteiger partial charge is 0.0931 e. The van der Waals surface area contributed by atoms with Crippen LogP contribution >= 0.6 is 11.8 Å². The molecule has 2 aromatic carbocycles. The number of nitrogens with one attached hydrogen (secondary N) is 1. The number of hydrogen-bond donors (Lipinski definition) is 1. The summed E-state index contributed by atoms with van der Waals surface area (Å²) >= 11 is 2.06. The maximum absolute atomic E-state index is 4.34. The van der Waals surface area contributed by atoms with Gasteiger partial charge in [-0.25, -0.2) is 4.98 Å². The van der Waals surface area contributed by atoms with Gasteiger partial charge in [0.25, 0.3) is 0 Å². The van der Waals surface area contributed by atoms with E-state index in [0.29, 0.717) is 6.04 Å². The van der Waals surface area contributed by atoms with Crippen LogP contribution in [-0.2, 0) is 0 Å². The number of anilines is 1. The number of nitrogens with zero attached hydrogens (tertiary/aromatic N) is 2. The van der Waals surface area contributed by atoms with E-state index >= 15 is 0 Å². The summed E-state index contributed by atoms with van der Waals surface area (Å²) < 4.78 is 0. The molecule has 0 spiro atoms. The van der Waals surface area contributed by atoms with E-state index in [1.54, 1.807) is 6.33 Å². The molecule has 3 aromatic rings. The van der Waals surface area contributed by atoms with Gasteiger partial charge in [0.15, 0.2) is 0 Å². The Balaban J connectivity index is 1.47. The van der Waals surface area contributed by atoms with Gasteiger partial charge in [-0.3, -0.25) is 0 Å². The van der Waals surface area contributed by atoms with Crippen LogP contribution in [0.4, 0.5) is 5.69 Å². The molecular weight excluding hydrogens is 314 g/mol. The highest BCUT2D eigenvalue weighted by atomic mass is 32.2. The zero-order valence-electron chi connectivity index (χ0n) is 13.6. The SMILES string of the molecule is c1nc2ccc(N3CCSCC3c3ccc(C4CC4)cc3)cc2[nH]1. The van der Waals surface area contributed by atoms with Gasteiger partial charge in [0.1, 0.15) is 0 Å². The van der Waals surface area contributed by atoms with Crippen LogP contribution in [0.25, 0.3) is 11.0 Å². The summed E-state index contributed by atoms with van der Waals surface area (Å²) in [6.45, 7) is 1.10. The first-order valence-electron chi connectivity index (χ1n) is 8.76. The molecule has 4 heteroatoms. The lowest BCUT2D eigenvalue weighted by Crippen LogP contribution is -2.36. The molecule has 0 amide bonds. The summed E-state index contributed by atoms with van der Waals surface area (Å²) in [4.78, 5) is 10.1. The van der Waals surface area contributed by atoms with E-state index < -0.39 is 0 Å². The van der Waals surface area contributed by atoms with E-state index in [2.05, 4.69) is 69.1 Å². The van der Waals surface area contributed by atoms with Gasteiger partial charge in [-0.15, -0.1) is 0 Å². The van der Waals surface area contributed by atoms with Crippen molar-refractivity contribution < 1.29 is 0 Å². The van der Waals surface area contributed by atoms with Crippen molar-refractivity contribution in [2.45, 2.75) is 24.8 Å². The molecule has 1 saturated heterocycles. The molecule has 3 nitrogen and oxygen atoms in total. The molecule has 2 fully saturated rings. The molecule has 1 unspecified atom stereocenters. The highest BCUT2D eigenvalue weighted by molar-refractivity contribution is 7.99. The number of H-pyrrole nitrogens is 1. The average molecular weight is 335 g/mol. The van der Waals surface area contributed by atoms with Gasteiger partial charge in [-0.1, -0.05) is 24.3 Å². The maximum atomic E-state index is 4.34. The van der Waals surface area contributed by atoms with Crippen LogP contribution in [0.2, 0.25) is 0 Å². The Hall–Kier alpha value is -1.94. The van der Waals surface area contributed by atoms with Crippen molar-refractivity contribution in [3.63, 3.8) is 0 Å². The van der Waals surface area contributed by atoms with Crippen LogP contribution in [0.15, 0.2) is 48.8 Å². The summed E-state index contributed by atoms with van der Waals surface area (Å²) in [6.07, 6.45) is 4.51. The summed E-state index contributed by atoms with van der Waals surface area (Å²) in [5.74, 6) is 3.18. The molecule has 2 heterocycles. The first-order valence-corrected chi connectivity index (χ1v) is 9.91. The topological polar surface area (TPSA) is 31.9 Å². The second-order valence-electron chi connectivity index (χ2n) is 6.83. The number of fused-ring (bicyclic) bond motifs is 1. The van der Waals surface area contributed by atoms with Crippen molar-refractivity contribution in [2.24, 2.45) is 0 Å². The Kier molecular flexibility index (Phi) is 3.51. The molecule has 2 aliphatic rings. The lowest BCUT2D eigenvalue weighted by molar-refractivity contribution is 0.686. The second kappa shape index (κ2) is 5.85. The average Bonchev–Trinajstić information content (AvgIpc) is 3.39. The number of aromatic amines is 1. The molecule has 1 aromatic heterocycles. The maximum Gasteiger partial charge on any atom is 0.0931 e. The Morgan fingerprint density at radius 3 is 2.71 bits per heavy atom. The van der Waals surface area contributed by atoms with Crippen LogP contribution in [-0.4, -0.2) is 28.0 Å². The van der Waals surface area contributed by atoms with Crippen molar-refractivity contribution in [1.29, 1.82) is 0 Å². The second-order valence-corrected chi connectivity index (χ2v) is 7.98. The molecule has 0 bridgehead atoms. The van der Waals surface area contributed by atoms with E-state index in [-0.39, 0.29) is 0 Å². The standard InChI is InChI=1S/C20H21N3S/c1-2-14(1)15-3-5-16(6-4-15)20-12-24-10-9-23(20)17-7-8-18-19(11-17)22-13-21-18/h3-8,11,13-14,20H,1-2,9-10,12H2,(H,21,22). The minimum atomic E-state index is 0.456. The zero-order valence-corrected chi connectivity index (χ0v) is 14.4. The van der Waals surface area contributed by atoms with Gasteiger partial charge >= 0.3 is 0 Å². The van der Waals surface area contributed by atoms with E-state index in [9.17, 15) is 0 Å². The number of aromatic nitrogens is 2. The number of thioether (sulfide) groups is 1. The van der Waals surface area contributed by atoms with E-state index in [4.69, 9.17) is 0 Å². The Labute approximate surface area is 146 Å². The Bertz CT molecular complexity index is 851. The van der Waals surface area contributed by atoms with Crippen LogP contribution in [0, 0.1) is 0 Å². The molecule has 24 heavy (non-hydrogen) atoms. The molecule has 122 valence electrons. The largest absolute Gasteiger partial charge is 0.363 e. The van der Waals surface area contributed by atoms with E-state index in [1.807, 2.05) is 0 Å². The number of rotatable bonds is 3. The van der Waals surface area contributed by atoms with Gasteiger partial charge in [-0.2, -0.15) is 11.8 Å². The van der Waals surface area contributed by atoms with E-state index in [1.165, 1.54) is 35.4 Å². The number of hydrogen-bond acceptors (Lipinski definition) is 3. The van der Waals surface area contributed by atoms with Gasteiger partial charge in [0.2, 0.25) is 0 Å². The first-order chi connectivity index (χ1) is 11.9. The molecule has 0 radical (unpaired) electrons. The van der Waals surface area contributed by atoms with Crippen molar-refractivity contribution in [3.05, 3.63) is 59.9 Å². The third-order valence-electron chi connectivity index (χ3n) is 5.23. The summed E-state index contributed by atoms with van der Waals surface area (Å²) in [5, 5.41) is 0. The van der Waals surface area contributed by atoms with E-state index in [0.717, 1.165) is 29.2 Å². The monoisotopic (exact) mass is 335 g/mol. The molecule has 1 N–H and O–H groups in total. The fourth-order valence-corrected chi connectivity index (χ4v) is 4.79. The van der Waals surface area contributed by atoms with Crippen LogP contribution in [0.3, 0.4) is 0 Å². The predicted octanol–water partition coefficient (Wildman–Crippen LogP) is 4.73. The zero-order chi connectivity index (χ0) is 15.9. The fourth-order valence-electron chi connectivity index (χ4n) is 3.70. The van der Waals surface area contributed by atoms with Gasteiger partial charge in [-0.05, 0) is 48.1 Å².